The Morgan fingerprint density at radius 3 is 2.61 bits per heavy atom. The molecule has 4 rings (SSSR count). The molecule has 2 aliphatic heterocycles. The van der Waals surface area contributed by atoms with E-state index in [1.165, 1.54) is 4.90 Å². The highest BCUT2D eigenvalue weighted by molar-refractivity contribution is 5.96. The van der Waals surface area contributed by atoms with Crippen LogP contribution in [0.2, 0.25) is 0 Å². The third-order valence-electron chi connectivity index (χ3n) is 6.22. The molecular weight excluding hydrogens is 396 g/mol. The molecule has 3 amide bonds. The van der Waals surface area contributed by atoms with Crippen molar-refractivity contribution < 1.29 is 19.6 Å². The van der Waals surface area contributed by atoms with Crippen molar-refractivity contribution in [3.05, 3.63) is 24.3 Å². The zero-order valence-electron chi connectivity index (χ0n) is 18.4. The molecule has 1 fully saturated rings. The molecule has 0 unspecified atom stereocenters. The van der Waals surface area contributed by atoms with Gasteiger partial charge in [0.1, 0.15) is 12.6 Å². The second-order valence-electron chi connectivity index (χ2n) is 8.88. The van der Waals surface area contributed by atoms with Crippen LogP contribution in [0.1, 0.15) is 20.3 Å². The number of quaternary nitrogens is 1. The molecule has 168 valence electrons. The van der Waals surface area contributed by atoms with E-state index in [9.17, 15) is 9.59 Å². The van der Waals surface area contributed by atoms with Gasteiger partial charge in [0.2, 0.25) is 11.9 Å². The third kappa shape index (κ3) is 4.52. The number of carbonyl (C=O) groups is 2. The smallest absolute Gasteiger partial charge is 0.324 e. The zero-order chi connectivity index (χ0) is 22.0. The topological polar surface area (TPSA) is 95.1 Å². The van der Waals surface area contributed by atoms with Crippen LogP contribution in [0.4, 0.5) is 10.7 Å². The Morgan fingerprint density at radius 1 is 1.16 bits per heavy atom. The summed E-state index contributed by atoms with van der Waals surface area (Å²) in [6.45, 7) is 9.19. The average Bonchev–Trinajstić information content (AvgIpc) is 3.32. The van der Waals surface area contributed by atoms with E-state index < -0.39 is 6.04 Å². The van der Waals surface area contributed by atoms with Crippen LogP contribution in [0.5, 0.6) is 0 Å². The first-order chi connectivity index (χ1) is 15.0. The second-order valence-corrected chi connectivity index (χ2v) is 8.88. The Morgan fingerprint density at radius 2 is 1.90 bits per heavy atom. The lowest BCUT2D eigenvalue weighted by Gasteiger charge is -2.34. The minimum atomic E-state index is -0.551. The molecule has 1 atom stereocenters. The largest absolute Gasteiger partial charge is 0.391 e. The zero-order valence-corrected chi connectivity index (χ0v) is 18.4. The summed E-state index contributed by atoms with van der Waals surface area (Å²) >= 11 is 0. The van der Waals surface area contributed by atoms with Gasteiger partial charge in [0.05, 0.1) is 43.8 Å². The van der Waals surface area contributed by atoms with E-state index in [-0.39, 0.29) is 24.5 Å². The van der Waals surface area contributed by atoms with Crippen LogP contribution in [-0.2, 0) is 11.3 Å². The van der Waals surface area contributed by atoms with Gasteiger partial charge in [-0.3, -0.25) is 9.69 Å². The third-order valence-corrected chi connectivity index (χ3v) is 6.22. The summed E-state index contributed by atoms with van der Waals surface area (Å²) in [4.78, 5) is 35.9. The SMILES string of the molecule is CC(C)C[C@H](NC(=O)N1CCn2c1nc1ccccc12)C(=O)N1CC[NH+](CCO)CC1. The van der Waals surface area contributed by atoms with E-state index >= 15 is 0 Å². The predicted molar refractivity (Wildman–Crippen MR) is 118 cm³/mol. The first-order valence-corrected chi connectivity index (χ1v) is 11.2. The number of para-hydroxylation sites is 2. The number of fused-ring (bicyclic) bond motifs is 3. The fraction of sp³-hybridized carbons (Fsp3) is 0.591. The number of hydrogen-bond donors (Lipinski definition) is 3. The van der Waals surface area contributed by atoms with Gasteiger partial charge in [-0.25, -0.2) is 9.78 Å². The van der Waals surface area contributed by atoms with Crippen LogP contribution in [0, 0.1) is 5.92 Å². The molecule has 1 aromatic carbocycles. The van der Waals surface area contributed by atoms with Gasteiger partial charge in [-0.15, -0.1) is 0 Å². The van der Waals surface area contributed by atoms with Crippen LogP contribution >= 0.6 is 0 Å². The van der Waals surface area contributed by atoms with Crippen molar-refractivity contribution in [2.75, 3.05) is 50.8 Å². The van der Waals surface area contributed by atoms with Gasteiger partial charge in [0.15, 0.2) is 0 Å². The van der Waals surface area contributed by atoms with Gasteiger partial charge in [-0.1, -0.05) is 26.0 Å². The summed E-state index contributed by atoms with van der Waals surface area (Å²) in [6, 6.07) is 7.05. The number of amides is 3. The summed E-state index contributed by atoms with van der Waals surface area (Å²) in [7, 11) is 0. The van der Waals surface area contributed by atoms with Crippen LogP contribution in [0.3, 0.4) is 0 Å². The molecule has 31 heavy (non-hydrogen) atoms. The van der Waals surface area contributed by atoms with Gasteiger partial charge in [-0.05, 0) is 24.5 Å². The van der Waals surface area contributed by atoms with E-state index in [1.807, 2.05) is 29.2 Å². The van der Waals surface area contributed by atoms with Crippen molar-refractivity contribution in [2.24, 2.45) is 5.92 Å². The lowest BCUT2D eigenvalue weighted by atomic mass is 10.0. The standard InChI is InChI=1S/C22H32N6O3/c1-16(2)15-18(20(30)26-9-7-25(8-10-26)13-14-29)24-22(31)28-12-11-27-19-6-4-3-5-17(19)23-21(27)28/h3-6,16,18,29H,7-15H2,1-2H3,(H,24,31)/p+1/t18-/m0/s1. The fourth-order valence-corrected chi connectivity index (χ4v) is 4.57. The number of nitrogens with one attached hydrogen (secondary N) is 2. The Bertz CT molecular complexity index is 934. The van der Waals surface area contributed by atoms with Crippen molar-refractivity contribution in [3.8, 4) is 0 Å². The van der Waals surface area contributed by atoms with Crippen molar-refractivity contribution in [1.29, 1.82) is 0 Å². The molecule has 9 nitrogen and oxygen atoms in total. The lowest BCUT2D eigenvalue weighted by Crippen LogP contribution is -3.15. The van der Waals surface area contributed by atoms with Crippen LogP contribution in [0.25, 0.3) is 11.0 Å². The Labute approximate surface area is 182 Å². The molecule has 1 aromatic heterocycles. The van der Waals surface area contributed by atoms with Crippen LogP contribution in [0.15, 0.2) is 24.3 Å². The first-order valence-electron chi connectivity index (χ1n) is 11.2. The van der Waals surface area contributed by atoms with Crippen LogP contribution < -0.4 is 15.1 Å². The van der Waals surface area contributed by atoms with Crippen molar-refractivity contribution >= 4 is 28.9 Å². The predicted octanol–water partition coefficient (Wildman–Crippen LogP) is -0.300. The maximum absolute atomic E-state index is 13.2. The number of urea groups is 1. The van der Waals surface area contributed by atoms with E-state index in [0.717, 1.165) is 24.1 Å². The van der Waals surface area contributed by atoms with E-state index in [4.69, 9.17) is 5.11 Å². The number of carbonyl (C=O) groups excluding carboxylic acids is 2. The fourth-order valence-electron chi connectivity index (χ4n) is 4.57. The maximum Gasteiger partial charge on any atom is 0.324 e. The highest BCUT2D eigenvalue weighted by atomic mass is 16.3. The van der Waals surface area contributed by atoms with Crippen molar-refractivity contribution in [1.82, 2.24) is 19.8 Å². The lowest BCUT2D eigenvalue weighted by molar-refractivity contribution is -0.904. The molecule has 0 saturated carbocycles. The van der Waals surface area contributed by atoms with E-state index in [2.05, 4.69) is 28.7 Å². The molecule has 0 spiro atoms. The number of rotatable bonds is 6. The number of hydrogen-bond acceptors (Lipinski definition) is 4. The monoisotopic (exact) mass is 429 g/mol. The Hall–Kier alpha value is -2.65. The number of benzene rings is 1. The van der Waals surface area contributed by atoms with Crippen molar-refractivity contribution in [2.45, 2.75) is 32.9 Å². The molecule has 1 saturated heterocycles. The maximum atomic E-state index is 13.2. The number of imidazole rings is 1. The first kappa shape index (κ1) is 21.6. The number of anilines is 1. The second kappa shape index (κ2) is 9.23. The highest BCUT2D eigenvalue weighted by Crippen LogP contribution is 2.27. The summed E-state index contributed by atoms with van der Waals surface area (Å²) in [5.41, 5.74) is 1.89. The summed E-state index contributed by atoms with van der Waals surface area (Å²) < 4.78 is 2.05. The highest BCUT2D eigenvalue weighted by Gasteiger charge is 2.34. The van der Waals surface area contributed by atoms with Gasteiger partial charge in [-0.2, -0.15) is 0 Å². The Kier molecular flexibility index (Phi) is 6.43. The molecular formula is C22H33N6O3+. The molecule has 0 radical (unpaired) electrons. The summed E-state index contributed by atoms with van der Waals surface area (Å²) in [5, 5.41) is 12.1. The average molecular weight is 430 g/mol. The molecule has 2 aliphatic rings. The van der Waals surface area contributed by atoms with E-state index in [0.29, 0.717) is 45.1 Å². The number of aromatic nitrogens is 2. The molecule has 9 heteroatoms. The normalized spacial score (nSPS) is 17.9. The minimum Gasteiger partial charge on any atom is -0.391 e. The van der Waals surface area contributed by atoms with Gasteiger partial charge in [0.25, 0.3) is 0 Å². The molecule has 2 aromatic rings. The van der Waals surface area contributed by atoms with Gasteiger partial charge in [0, 0.05) is 13.1 Å². The minimum absolute atomic E-state index is 0.0159. The van der Waals surface area contributed by atoms with Gasteiger partial charge >= 0.3 is 6.03 Å². The molecule has 0 aliphatic carbocycles. The van der Waals surface area contributed by atoms with E-state index in [1.54, 1.807) is 4.90 Å². The molecule has 3 N–H and O–H groups in total. The molecule has 0 bridgehead atoms. The number of aliphatic hydroxyl groups excluding tert-OH is 1. The summed E-state index contributed by atoms with van der Waals surface area (Å²) in [5.74, 6) is 0.896. The number of nitrogens with zero attached hydrogens (tertiary/aromatic N) is 4. The Balaban J connectivity index is 1.45. The number of piperazine rings is 1. The summed E-state index contributed by atoms with van der Waals surface area (Å²) in [6.07, 6.45) is 0.596. The quantitative estimate of drug-likeness (QED) is 0.588. The number of aliphatic hydroxyl groups is 1. The van der Waals surface area contributed by atoms with Crippen LogP contribution in [-0.4, -0.2) is 83.4 Å². The van der Waals surface area contributed by atoms with Gasteiger partial charge < -0.3 is 24.8 Å². The van der Waals surface area contributed by atoms with Crippen molar-refractivity contribution in [3.63, 3.8) is 0 Å². The molecule has 3 heterocycles.